The van der Waals surface area contributed by atoms with Crippen molar-refractivity contribution in [1.29, 1.82) is 0 Å². The standard InChI is InChI=1S/C14H18N2O2/c1-10-3-6-12(7-4-10)16-14(17)15-9-13-8-5-11(2)18-13/h3-4,6-8,11H,5,9H2,1-2H3,(H2,15,16,17)/t11-/m1/s1. The van der Waals surface area contributed by atoms with E-state index in [1.165, 1.54) is 5.56 Å². The number of carbonyl (C=O) groups excluding carboxylic acids is 1. The van der Waals surface area contributed by atoms with Crippen LogP contribution in [0.3, 0.4) is 0 Å². The maximum Gasteiger partial charge on any atom is 0.319 e. The molecule has 0 unspecified atom stereocenters. The Bertz CT molecular complexity index is 451. The highest BCUT2D eigenvalue weighted by Crippen LogP contribution is 2.15. The van der Waals surface area contributed by atoms with Crippen LogP contribution in [-0.4, -0.2) is 18.7 Å². The molecule has 4 nitrogen and oxygen atoms in total. The highest BCUT2D eigenvalue weighted by atomic mass is 16.5. The number of carbonyl (C=O) groups is 1. The normalized spacial score (nSPS) is 17.9. The average molecular weight is 246 g/mol. The molecule has 0 spiro atoms. The Morgan fingerprint density at radius 1 is 1.39 bits per heavy atom. The quantitative estimate of drug-likeness (QED) is 0.861. The summed E-state index contributed by atoms with van der Waals surface area (Å²) in [5.74, 6) is 0.835. The van der Waals surface area contributed by atoms with E-state index in [4.69, 9.17) is 4.74 Å². The third kappa shape index (κ3) is 3.52. The van der Waals surface area contributed by atoms with Gasteiger partial charge in [0.1, 0.15) is 5.76 Å². The molecule has 1 atom stereocenters. The van der Waals surface area contributed by atoms with Crippen molar-refractivity contribution in [2.75, 3.05) is 11.9 Å². The van der Waals surface area contributed by atoms with Gasteiger partial charge in [0.25, 0.3) is 0 Å². The van der Waals surface area contributed by atoms with Crippen molar-refractivity contribution < 1.29 is 9.53 Å². The van der Waals surface area contributed by atoms with E-state index < -0.39 is 0 Å². The van der Waals surface area contributed by atoms with Gasteiger partial charge in [-0.1, -0.05) is 17.7 Å². The molecule has 0 aromatic heterocycles. The monoisotopic (exact) mass is 246 g/mol. The third-order valence-electron chi connectivity index (χ3n) is 2.76. The number of anilines is 1. The van der Waals surface area contributed by atoms with E-state index in [2.05, 4.69) is 10.6 Å². The van der Waals surface area contributed by atoms with Crippen LogP contribution in [-0.2, 0) is 4.74 Å². The number of benzene rings is 1. The molecule has 0 saturated carbocycles. The molecule has 0 fully saturated rings. The molecule has 1 aromatic carbocycles. The van der Waals surface area contributed by atoms with Gasteiger partial charge >= 0.3 is 6.03 Å². The van der Waals surface area contributed by atoms with Crippen molar-refractivity contribution in [1.82, 2.24) is 5.32 Å². The van der Waals surface area contributed by atoms with Crippen molar-refractivity contribution in [3.63, 3.8) is 0 Å². The lowest BCUT2D eigenvalue weighted by atomic mass is 10.2. The lowest BCUT2D eigenvalue weighted by Gasteiger charge is -2.10. The van der Waals surface area contributed by atoms with Crippen LogP contribution in [0, 0.1) is 6.92 Å². The van der Waals surface area contributed by atoms with Gasteiger partial charge in [0, 0.05) is 12.1 Å². The molecule has 2 amide bonds. The molecule has 0 saturated heterocycles. The number of urea groups is 1. The maximum atomic E-state index is 11.6. The van der Waals surface area contributed by atoms with Crippen LogP contribution < -0.4 is 10.6 Å². The molecular formula is C14H18N2O2. The van der Waals surface area contributed by atoms with Gasteiger partial charge in [0.2, 0.25) is 0 Å². The number of hydrogen-bond donors (Lipinski definition) is 2. The van der Waals surface area contributed by atoms with E-state index in [1.807, 2.05) is 44.2 Å². The van der Waals surface area contributed by atoms with Crippen LogP contribution in [0.1, 0.15) is 18.9 Å². The number of nitrogens with one attached hydrogen (secondary N) is 2. The summed E-state index contributed by atoms with van der Waals surface area (Å²) in [4.78, 5) is 11.6. The Kier molecular flexibility index (Phi) is 3.87. The molecule has 1 aliphatic rings. The summed E-state index contributed by atoms with van der Waals surface area (Å²) in [5, 5.41) is 5.54. The van der Waals surface area contributed by atoms with Crippen LogP contribution in [0.25, 0.3) is 0 Å². The van der Waals surface area contributed by atoms with E-state index in [9.17, 15) is 4.79 Å². The molecule has 0 bridgehead atoms. The smallest absolute Gasteiger partial charge is 0.319 e. The molecule has 0 aliphatic carbocycles. The lowest BCUT2D eigenvalue weighted by Crippen LogP contribution is -2.30. The topological polar surface area (TPSA) is 50.4 Å². The average Bonchev–Trinajstić information content (AvgIpc) is 2.76. The summed E-state index contributed by atoms with van der Waals surface area (Å²) in [6, 6.07) is 7.45. The number of hydrogen-bond acceptors (Lipinski definition) is 2. The number of amides is 2. The maximum absolute atomic E-state index is 11.6. The Labute approximate surface area is 107 Å². The Hall–Kier alpha value is -1.97. The molecule has 4 heteroatoms. The van der Waals surface area contributed by atoms with Crippen LogP contribution in [0.2, 0.25) is 0 Å². The molecule has 1 aliphatic heterocycles. The second-order valence-corrected chi connectivity index (χ2v) is 4.51. The third-order valence-corrected chi connectivity index (χ3v) is 2.76. The zero-order valence-electron chi connectivity index (χ0n) is 10.7. The molecule has 96 valence electrons. The Balaban J connectivity index is 1.77. The number of rotatable bonds is 3. The largest absolute Gasteiger partial charge is 0.493 e. The molecule has 2 rings (SSSR count). The van der Waals surface area contributed by atoms with E-state index in [1.54, 1.807) is 0 Å². The summed E-state index contributed by atoms with van der Waals surface area (Å²) in [6.07, 6.45) is 3.15. The lowest BCUT2D eigenvalue weighted by molar-refractivity contribution is 0.155. The molecule has 1 aromatic rings. The minimum atomic E-state index is -0.220. The number of aryl methyl sites for hydroxylation is 1. The molecule has 2 N–H and O–H groups in total. The molecule has 0 radical (unpaired) electrons. The fourth-order valence-electron chi connectivity index (χ4n) is 1.75. The highest BCUT2D eigenvalue weighted by molar-refractivity contribution is 5.89. The number of ether oxygens (including phenoxy) is 1. The van der Waals surface area contributed by atoms with E-state index in [0.29, 0.717) is 6.54 Å². The van der Waals surface area contributed by atoms with Crippen molar-refractivity contribution in [3.8, 4) is 0 Å². The fourth-order valence-corrected chi connectivity index (χ4v) is 1.75. The van der Waals surface area contributed by atoms with Gasteiger partial charge in [-0.3, -0.25) is 0 Å². The molecule has 1 heterocycles. The first-order chi connectivity index (χ1) is 8.63. The van der Waals surface area contributed by atoms with Crippen molar-refractivity contribution in [2.45, 2.75) is 26.4 Å². The van der Waals surface area contributed by atoms with Gasteiger partial charge < -0.3 is 15.4 Å². The van der Waals surface area contributed by atoms with Crippen LogP contribution in [0.15, 0.2) is 36.1 Å². The summed E-state index contributed by atoms with van der Waals surface area (Å²) >= 11 is 0. The first-order valence-corrected chi connectivity index (χ1v) is 6.10. The Morgan fingerprint density at radius 2 is 2.11 bits per heavy atom. The van der Waals surface area contributed by atoms with Gasteiger partial charge in [0.15, 0.2) is 0 Å². The van der Waals surface area contributed by atoms with Gasteiger partial charge in [-0.2, -0.15) is 0 Å². The predicted molar refractivity (Wildman–Crippen MR) is 71.4 cm³/mol. The van der Waals surface area contributed by atoms with Crippen molar-refractivity contribution in [3.05, 3.63) is 41.7 Å². The summed E-state index contributed by atoms with van der Waals surface area (Å²) in [5.41, 5.74) is 1.95. The first kappa shape index (κ1) is 12.5. The summed E-state index contributed by atoms with van der Waals surface area (Å²) in [7, 11) is 0. The van der Waals surface area contributed by atoms with Gasteiger partial charge in [-0.05, 0) is 32.1 Å². The van der Waals surface area contributed by atoms with Crippen LogP contribution >= 0.6 is 0 Å². The van der Waals surface area contributed by atoms with E-state index in [-0.39, 0.29) is 12.1 Å². The van der Waals surface area contributed by atoms with Crippen molar-refractivity contribution >= 4 is 11.7 Å². The fraction of sp³-hybridized carbons (Fsp3) is 0.357. The van der Waals surface area contributed by atoms with Crippen LogP contribution in [0.4, 0.5) is 10.5 Å². The zero-order chi connectivity index (χ0) is 13.0. The van der Waals surface area contributed by atoms with E-state index in [0.717, 1.165) is 17.9 Å². The van der Waals surface area contributed by atoms with Gasteiger partial charge in [0.05, 0.1) is 12.6 Å². The van der Waals surface area contributed by atoms with E-state index >= 15 is 0 Å². The van der Waals surface area contributed by atoms with Crippen LogP contribution in [0.5, 0.6) is 0 Å². The first-order valence-electron chi connectivity index (χ1n) is 6.10. The SMILES string of the molecule is Cc1ccc(NC(=O)NCC2=CC[C@@H](C)O2)cc1. The summed E-state index contributed by atoms with van der Waals surface area (Å²) in [6.45, 7) is 4.45. The predicted octanol–water partition coefficient (Wildman–Crippen LogP) is 2.81. The minimum absolute atomic E-state index is 0.220. The second-order valence-electron chi connectivity index (χ2n) is 4.51. The van der Waals surface area contributed by atoms with Crippen molar-refractivity contribution in [2.24, 2.45) is 0 Å². The van der Waals surface area contributed by atoms with Gasteiger partial charge in [-0.25, -0.2) is 4.79 Å². The minimum Gasteiger partial charge on any atom is -0.493 e. The molecule has 18 heavy (non-hydrogen) atoms. The summed E-state index contributed by atoms with van der Waals surface area (Å²) < 4.78 is 5.50. The second kappa shape index (κ2) is 5.58. The highest BCUT2D eigenvalue weighted by Gasteiger charge is 2.13. The Morgan fingerprint density at radius 3 is 2.72 bits per heavy atom. The zero-order valence-corrected chi connectivity index (χ0v) is 10.7. The van der Waals surface area contributed by atoms with Gasteiger partial charge in [-0.15, -0.1) is 0 Å². The molecular weight excluding hydrogens is 228 g/mol.